The lowest BCUT2D eigenvalue weighted by atomic mass is 10.2. The van der Waals surface area contributed by atoms with Gasteiger partial charge in [0.25, 0.3) is 0 Å². The van der Waals surface area contributed by atoms with Gasteiger partial charge in [-0.25, -0.2) is 4.39 Å². The van der Waals surface area contributed by atoms with Crippen LogP contribution in [0.15, 0.2) is 16.6 Å². The zero-order valence-corrected chi connectivity index (χ0v) is 8.45. The molecule has 0 saturated carbocycles. The predicted molar refractivity (Wildman–Crippen MR) is 51.8 cm³/mol. The van der Waals surface area contributed by atoms with E-state index in [2.05, 4.69) is 20.7 Å². The summed E-state index contributed by atoms with van der Waals surface area (Å²) in [6, 6.07) is 2.64. The fraction of sp³-hybridized carbons (Fsp3) is 0.143. The van der Waals surface area contributed by atoms with E-state index in [0.29, 0.717) is 4.47 Å². The van der Waals surface area contributed by atoms with Crippen LogP contribution in [-0.4, -0.2) is 11.8 Å². The van der Waals surface area contributed by atoms with Crippen LogP contribution < -0.4 is 10.5 Å². The van der Waals surface area contributed by atoms with Crippen LogP contribution in [0.3, 0.4) is 0 Å². The van der Waals surface area contributed by atoms with Crippen molar-refractivity contribution in [1.82, 2.24) is 0 Å². The van der Waals surface area contributed by atoms with Crippen LogP contribution in [0.1, 0.15) is 0 Å². The van der Waals surface area contributed by atoms with Crippen molar-refractivity contribution in [2.75, 3.05) is 12.6 Å². The van der Waals surface area contributed by atoms with Gasteiger partial charge in [-0.15, -0.1) is 0 Å². The highest BCUT2D eigenvalue weighted by Crippen LogP contribution is 2.36. The largest absolute Gasteiger partial charge is 0.456 e. The van der Waals surface area contributed by atoms with Gasteiger partial charge in [0.1, 0.15) is 5.69 Å². The second-order valence-electron chi connectivity index (χ2n) is 2.35. The lowest BCUT2D eigenvalue weighted by molar-refractivity contribution is -0.385. The normalized spacial score (nSPS) is 9.86. The molecular weight excluding hydrogens is 259 g/mol. The van der Waals surface area contributed by atoms with Gasteiger partial charge in [0, 0.05) is 10.5 Å². The molecule has 2 N–H and O–H groups in total. The Balaban J connectivity index is 3.28. The molecule has 14 heavy (non-hydrogen) atoms. The molecule has 0 heterocycles. The number of alkyl halides is 1. The Hall–Kier alpha value is -1.37. The molecule has 0 aliphatic rings. The SMILES string of the molecule is Nc1cc(Br)cc(OCF)c1[N+](=O)[O-]. The molecule has 1 rings (SSSR count). The average Bonchev–Trinajstić information content (AvgIpc) is 2.01. The second-order valence-corrected chi connectivity index (χ2v) is 3.27. The van der Waals surface area contributed by atoms with Crippen molar-refractivity contribution >= 4 is 27.3 Å². The number of nitro benzene ring substituents is 1. The first-order valence-electron chi connectivity index (χ1n) is 3.48. The second kappa shape index (κ2) is 4.23. The molecule has 0 radical (unpaired) electrons. The fourth-order valence-electron chi connectivity index (χ4n) is 0.959. The predicted octanol–water partition coefficient (Wildman–Crippen LogP) is 2.25. The number of hydrogen-bond acceptors (Lipinski definition) is 4. The molecular formula is C7H6BrFN2O3. The Morgan fingerprint density at radius 1 is 1.64 bits per heavy atom. The van der Waals surface area contributed by atoms with Gasteiger partial charge >= 0.3 is 5.69 Å². The standard InChI is InChI=1S/C7H6BrFN2O3/c8-4-1-5(10)7(11(12)13)6(2-4)14-3-9/h1-2H,3,10H2. The van der Waals surface area contributed by atoms with Crippen LogP contribution >= 0.6 is 15.9 Å². The summed E-state index contributed by atoms with van der Waals surface area (Å²) in [7, 11) is 0. The molecule has 0 saturated heterocycles. The van der Waals surface area contributed by atoms with Crippen LogP contribution in [-0.2, 0) is 0 Å². The van der Waals surface area contributed by atoms with Gasteiger partial charge in [-0.1, -0.05) is 15.9 Å². The number of nitro groups is 1. The number of nitrogen functional groups attached to an aromatic ring is 1. The van der Waals surface area contributed by atoms with E-state index in [9.17, 15) is 14.5 Å². The van der Waals surface area contributed by atoms with Crippen molar-refractivity contribution in [3.05, 3.63) is 26.7 Å². The van der Waals surface area contributed by atoms with Crippen LogP contribution in [0.5, 0.6) is 5.75 Å². The summed E-state index contributed by atoms with van der Waals surface area (Å²) in [6.45, 7) is -1.14. The summed E-state index contributed by atoms with van der Waals surface area (Å²) in [5.74, 6) is -0.190. The summed E-state index contributed by atoms with van der Waals surface area (Å²) < 4.78 is 16.8. The lowest BCUT2D eigenvalue weighted by Crippen LogP contribution is -2.00. The third-order valence-corrected chi connectivity index (χ3v) is 1.92. The number of ether oxygens (including phenoxy) is 1. The van der Waals surface area contributed by atoms with Crippen molar-refractivity contribution in [2.45, 2.75) is 0 Å². The minimum atomic E-state index is -1.14. The number of nitrogens with zero attached hydrogens (tertiary/aromatic N) is 1. The molecule has 0 aromatic heterocycles. The van der Waals surface area contributed by atoms with Gasteiger partial charge in [-0.05, 0) is 6.07 Å². The van der Waals surface area contributed by atoms with E-state index >= 15 is 0 Å². The van der Waals surface area contributed by atoms with Gasteiger partial charge in [-0.3, -0.25) is 10.1 Å². The number of halogens is 2. The van der Waals surface area contributed by atoms with Crippen molar-refractivity contribution < 1.29 is 14.1 Å². The zero-order valence-electron chi connectivity index (χ0n) is 6.87. The van der Waals surface area contributed by atoms with Crippen molar-refractivity contribution in [1.29, 1.82) is 0 Å². The third-order valence-electron chi connectivity index (χ3n) is 1.46. The van der Waals surface area contributed by atoms with E-state index in [1.807, 2.05) is 0 Å². The van der Waals surface area contributed by atoms with Crippen LogP contribution in [0.25, 0.3) is 0 Å². The van der Waals surface area contributed by atoms with E-state index in [4.69, 9.17) is 5.73 Å². The van der Waals surface area contributed by atoms with Crippen LogP contribution in [0.2, 0.25) is 0 Å². The van der Waals surface area contributed by atoms with Gasteiger partial charge in [0.15, 0.2) is 0 Å². The minimum Gasteiger partial charge on any atom is -0.456 e. The molecule has 0 aliphatic carbocycles. The fourth-order valence-corrected chi connectivity index (χ4v) is 1.41. The van der Waals surface area contributed by atoms with E-state index in [-0.39, 0.29) is 11.4 Å². The van der Waals surface area contributed by atoms with E-state index in [1.54, 1.807) is 0 Å². The summed E-state index contributed by atoms with van der Waals surface area (Å²) in [6.07, 6.45) is 0. The molecule has 76 valence electrons. The highest BCUT2D eigenvalue weighted by molar-refractivity contribution is 9.10. The maximum Gasteiger partial charge on any atom is 0.333 e. The number of rotatable bonds is 3. The first kappa shape index (κ1) is 10.7. The average molecular weight is 265 g/mol. The number of hydrogen-bond donors (Lipinski definition) is 1. The van der Waals surface area contributed by atoms with E-state index in [0.717, 1.165) is 0 Å². The Bertz CT molecular complexity index is 372. The Morgan fingerprint density at radius 2 is 2.29 bits per heavy atom. The smallest absolute Gasteiger partial charge is 0.333 e. The molecule has 0 aliphatic heterocycles. The zero-order chi connectivity index (χ0) is 10.7. The molecule has 0 spiro atoms. The van der Waals surface area contributed by atoms with E-state index in [1.165, 1.54) is 12.1 Å². The minimum absolute atomic E-state index is 0.0761. The summed E-state index contributed by atoms with van der Waals surface area (Å²) in [5.41, 5.74) is 4.88. The maximum absolute atomic E-state index is 11.9. The quantitative estimate of drug-likeness (QED) is 0.516. The molecule has 5 nitrogen and oxygen atoms in total. The lowest BCUT2D eigenvalue weighted by Gasteiger charge is -2.05. The monoisotopic (exact) mass is 264 g/mol. The van der Waals surface area contributed by atoms with Gasteiger partial charge in [0.2, 0.25) is 12.6 Å². The molecule has 1 aromatic carbocycles. The molecule has 0 unspecified atom stereocenters. The third kappa shape index (κ3) is 2.11. The van der Waals surface area contributed by atoms with Crippen LogP contribution in [0, 0.1) is 10.1 Å². The maximum atomic E-state index is 11.9. The van der Waals surface area contributed by atoms with Gasteiger partial charge in [0.05, 0.1) is 4.92 Å². The Labute approximate surface area is 86.9 Å². The number of anilines is 1. The number of nitrogens with two attached hydrogens (primary N) is 1. The van der Waals surface area contributed by atoms with Gasteiger partial charge < -0.3 is 10.5 Å². The summed E-state index contributed by atoms with van der Waals surface area (Å²) in [4.78, 5) is 9.82. The molecule has 0 fully saturated rings. The highest BCUT2D eigenvalue weighted by Gasteiger charge is 2.20. The molecule has 1 aromatic rings. The highest BCUT2D eigenvalue weighted by atomic mass is 79.9. The first-order valence-corrected chi connectivity index (χ1v) is 4.27. The Morgan fingerprint density at radius 3 is 2.79 bits per heavy atom. The molecule has 0 amide bonds. The van der Waals surface area contributed by atoms with Crippen molar-refractivity contribution in [3.63, 3.8) is 0 Å². The van der Waals surface area contributed by atoms with E-state index < -0.39 is 17.5 Å². The van der Waals surface area contributed by atoms with Gasteiger partial charge in [-0.2, -0.15) is 0 Å². The van der Waals surface area contributed by atoms with Crippen LogP contribution in [0.4, 0.5) is 15.8 Å². The first-order chi connectivity index (χ1) is 6.56. The molecule has 7 heteroatoms. The Kier molecular flexibility index (Phi) is 3.23. The molecule has 0 bridgehead atoms. The van der Waals surface area contributed by atoms with Crippen molar-refractivity contribution in [3.8, 4) is 5.75 Å². The topological polar surface area (TPSA) is 78.4 Å². The number of benzene rings is 1. The summed E-state index contributed by atoms with van der Waals surface area (Å²) >= 11 is 3.06. The van der Waals surface area contributed by atoms with Crippen molar-refractivity contribution in [2.24, 2.45) is 0 Å². The molecule has 0 atom stereocenters. The summed E-state index contributed by atoms with van der Waals surface area (Å²) in [5, 5.41) is 10.5.